The Balaban J connectivity index is 2.60. The molecule has 0 saturated heterocycles. The highest BCUT2D eigenvalue weighted by atomic mass is 79.9. The van der Waals surface area contributed by atoms with E-state index in [9.17, 15) is 8.78 Å². The van der Waals surface area contributed by atoms with Crippen molar-refractivity contribution in [3.63, 3.8) is 0 Å². The Morgan fingerprint density at radius 3 is 2.50 bits per heavy atom. The SMILES string of the molecule is FCc1c(Br)cccc1-c1cccc(F)c1. The van der Waals surface area contributed by atoms with Crippen molar-refractivity contribution in [2.45, 2.75) is 6.67 Å². The topological polar surface area (TPSA) is 0 Å². The molecule has 2 aromatic carbocycles. The van der Waals surface area contributed by atoms with E-state index in [1.807, 2.05) is 6.07 Å². The number of halogens is 3. The summed E-state index contributed by atoms with van der Waals surface area (Å²) in [5.41, 5.74) is 1.96. The number of benzene rings is 2. The molecule has 0 amide bonds. The molecule has 2 aromatic rings. The Kier molecular flexibility index (Phi) is 3.34. The van der Waals surface area contributed by atoms with Crippen LogP contribution in [0.3, 0.4) is 0 Å². The lowest BCUT2D eigenvalue weighted by Gasteiger charge is -2.08. The van der Waals surface area contributed by atoms with Crippen LogP contribution in [-0.4, -0.2) is 0 Å². The van der Waals surface area contributed by atoms with E-state index in [4.69, 9.17) is 0 Å². The van der Waals surface area contributed by atoms with Crippen molar-refractivity contribution in [2.75, 3.05) is 0 Å². The second-order valence-corrected chi connectivity index (χ2v) is 4.26. The number of hydrogen-bond donors (Lipinski definition) is 0. The number of alkyl halides is 1. The van der Waals surface area contributed by atoms with Crippen molar-refractivity contribution < 1.29 is 8.78 Å². The van der Waals surface area contributed by atoms with Crippen LogP contribution in [0.5, 0.6) is 0 Å². The van der Waals surface area contributed by atoms with Gasteiger partial charge < -0.3 is 0 Å². The van der Waals surface area contributed by atoms with Crippen LogP contribution in [0.1, 0.15) is 5.56 Å². The molecule has 3 heteroatoms. The zero-order valence-electron chi connectivity index (χ0n) is 8.38. The predicted molar refractivity (Wildman–Crippen MR) is 64.3 cm³/mol. The highest BCUT2D eigenvalue weighted by Gasteiger charge is 2.08. The summed E-state index contributed by atoms with van der Waals surface area (Å²) in [7, 11) is 0. The summed E-state index contributed by atoms with van der Waals surface area (Å²) in [5.74, 6) is -0.317. The third-order valence-electron chi connectivity index (χ3n) is 2.39. The van der Waals surface area contributed by atoms with Crippen molar-refractivity contribution in [1.29, 1.82) is 0 Å². The molecule has 0 heterocycles. The minimum absolute atomic E-state index is 0.317. The molecule has 0 aliphatic heterocycles. The molecule has 0 spiro atoms. The molecule has 0 N–H and O–H groups in total. The van der Waals surface area contributed by atoms with Crippen LogP contribution >= 0.6 is 15.9 Å². The zero-order valence-corrected chi connectivity index (χ0v) is 9.97. The molecule has 0 aliphatic rings. The van der Waals surface area contributed by atoms with E-state index in [1.165, 1.54) is 12.1 Å². The summed E-state index contributed by atoms with van der Waals surface area (Å²) in [6.45, 7) is -0.576. The Morgan fingerprint density at radius 1 is 1.06 bits per heavy atom. The van der Waals surface area contributed by atoms with Crippen LogP contribution in [-0.2, 0) is 6.67 Å². The van der Waals surface area contributed by atoms with Gasteiger partial charge in [-0.1, -0.05) is 40.2 Å². The van der Waals surface area contributed by atoms with Crippen LogP contribution in [0.4, 0.5) is 8.78 Å². The average molecular weight is 283 g/mol. The van der Waals surface area contributed by atoms with E-state index in [0.29, 0.717) is 15.6 Å². The van der Waals surface area contributed by atoms with Crippen molar-refractivity contribution in [3.05, 3.63) is 58.3 Å². The summed E-state index contributed by atoms with van der Waals surface area (Å²) in [4.78, 5) is 0. The summed E-state index contributed by atoms with van der Waals surface area (Å²) < 4.78 is 26.7. The molecule has 0 unspecified atom stereocenters. The lowest BCUT2D eigenvalue weighted by molar-refractivity contribution is 0.485. The summed E-state index contributed by atoms with van der Waals surface area (Å²) in [5, 5.41) is 0. The fourth-order valence-electron chi connectivity index (χ4n) is 1.62. The minimum atomic E-state index is -0.576. The molecule has 0 nitrogen and oxygen atoms in total. The molecule has 0 bridgehead atoms. The number of rotatable bonds is 2. The highest BCUT2D eigenvalue weighted by molar-refractivity contribution is 9.10. The van der Waals surface area contributed by atoms with Gasteiger partial charge in [0.05, 0.1) is 0 Å². The highest BCUT2D eigenvalue weighted by Crippen LogP contribution is 2.30. The Labute approximate surface area is 101 Å². The summed E-state index contributed by atoms with van der Waals surface area (Å²) >= 11 is 3.29. The van der Waals surface area contributed by atoms with E-state index in [1.54, 1.807) is 24.3 Å². The van der Waals surface area contributed by atoms with Gasteiger partial charge >= 0.3 is 0 Å². The second kappa shape index (κ2) is 4.74. The summed E-state index contributed by atoms with van der Waals surface area (Å²) in [6, 6.07) is 11.5. The van der Waals surface area contributed by atoms with E-state index in [2.05, 4.69) is 15.9 Å². The normalized spacial score (nSPS) is 10.4. The van der Waals surface area contributed by atoms with Crippen LogP contribution in [0.2, 0.25) is 0 Å². The Bertz CT molecular complexity index is 509. The number of hydrogen-bond acceptors (Lipinski definition) is 0. The Morgan fingerprint density at radius 2 is 1.81 bits per heavy atom. The third kappa shape index (κ3) is 2.14. The van der Waals surface area contributed by atoms with Gasteiger partial charge in [-0.2, -0.15) is 0 Å². The van der Waals surface area contributed by atoms with E-state index in [0.717, 1.165) is 5.56 Å². The van der Waals surface area contributed by atoms with Gasteiger partial charge in [0.2, 0.25) is 0 Å². The first-order valence-corrected chi connectivity index (χ1v) is 5.61. The second-order valence-electron chi connectivity index (χ2n) is 3.41. The first-order chi connectivity index (χ1) is 7.72. The maximum Gasteiger partial charge on any atom is 0.123 e. The van der Waals surface area contributed by atoms with Crippen LogP contribution < -0.4 is 0 Å². The molecular formula is C13H9BrF2. The lowest BCUT2D eigenvalue weighted by Crippen LogP contribution is -1.89. The van der Waals surface area contributed by atoms with Crippen molar-refractivity contribution in [3.8, 4) is 11.1 Å². The predicted octanol–water partition coefficient (Wildman–Crippen LogP) is 4.72. The zero-order chi connectivity index (χ0) is 11.5. The van der Waals surface area contributed by atoms with Gasteiger partial charge in [0.15, 0.2) is 0 Å². The van der Waals surface area contributed by atoms with Crippen molar-refractivity contribution >= 4 is 15.9 Å². The lowest BCUT2D eigenvalue weighted by atomic mass is 10.0. The largest absolute Gasteiger partial charge is 0.246 e. The van der Waals surface area contributed by atoms with Gasteiger partial charge in [0.1, 0.15) is 12.5 Å². The van der Waals surface area contributed by atoms with Gasteiger partial charge in [-0.15, -0.1) is 0 Å². The van der Waals surface area contributed by atoms with Crippen LogP contribution in [0.15, 0.2) is 46.9 Å². The van der Waals surface area contributed by atoms with Gasteiger partial charge in [-0.05, 0) is 29.3 Å². The van der Waals surface area contributed by atoms with E-state index >= 15 is 0 Å². The maximum absolute atomic E-state index is 13.1. The van der Waals surface area contributed by atoms with Crippen molar-refractivity contribution in [2.24, 2.45) is 0 Å². The first kappa shape index (κ1) is 11.3. The van der Waals surface area contributed by atoms with Crippen molar-refractivity contribution in [1.82, 2.24) is 0 Å². The molecule has 82 valence electrons. The van der Waals surface area contributed by atoms with Gasteiger partial charge in [-0.25, -0.2) is 8.78 Å². The minimum Gasteiger partial charge on any atom is -0.246 e. The van der Waals surface area contributed by atoms with E-state index in [-0.39, 0.29) is 5.82 Å². The standard InChI is InChI=1S/C13H9BrF2/c14-13-6-2-5-11(12(13)8-15)9-3-1-4-10(16)7-9/h1-7H,8H2. The van der Waals surface area contributed by atoms with Crippen LogP contribution in [0.25, 0.3) is 11.1 Å². The molecule has 0 atom stereocenters. The van der Waals surface area contributed by atoms with Gasteiger partial charge in [0.25, 0.3) is 0 Å². The third-order valence-corrected chi connectivity index (χ3v) is 3.13. The fraction of sp³-hybridized carbons (Fsp3) is 0.0769. The average Bonchev–Trinajstić information content (AvgIpc) is 2.28. The molecule has 2 rings (SSSR count). The molecular weight excluding hydrogens is 274 g/mol. The molecule has 0 fully saturated rings. The molecule has 0 radical (unpaired) electrons. The van der Waals surface area contributed by atoms with Gasteiger partial charge in [-0.3, -0.25) is 0 Å². The maximum atomic E-state index is 13.1. The fourth-order valence-corrected chi connectivity index (χ4v) is 2.09. The van der Waals surface area contributed by atoms with Crippen LogP contribution in [0, 0.1) is 5.82 Å². The van der Waals surface area contributed by atoms with E-state index < -0.39 is 6.67 Å². The van der Waals surface area contributed by atoms with Gasteiger partial charge in [0, 0.05) is 10.0 Å². The summed E-state index contributed by atoms with van der Waals surface area (Å²) in [6.07, 6.45) is 0. The molecule has 0 aromatic heterocycles. The Hall–Kier alpha value is -1.22. The quantitative estimate of drug-likeness (QED) is 0.747. The molecule has 16 heavy (non-hydrogen) atoms. The molecule has 0 aliphatic carbocycles. The molecule has 0 saturated carbocycles. The smallest absolute Gasteiger partial charge is 0.123 e. The monoisotopic (exact) mass is 282 g/mol. The first-order valence-electron chi connectivity index (χ1n) is 4.81.